The molecule has 8 nitrogen and oxygen atoms in total. The van der Waals surface area contributed by atoms with Crippen LogP contribution in [0.4, 0.5) is 11.4 Å². The maximum atomic E-state index is 12.8. The summed E-state index contributed by atoms with van der Waals surface area (Å²) in [6.45, 7) is 12.1. The molecule has 186 valence electrons. The molecular weight excluding hydrogens is 460 g/mol. The Balaban J connectivity index is 1.45. The van der Waals surface area contributed by atoms with Crippen molar-refractivity contribution < 1.29 is 9.53 Å². The van der Waals surface area contributed by atoms with Crippen LogP contribution in [0.25, 0.3) is 5.69 Å². The van der Waals surface area contributed by atoms with Gasteiger partial charge in [0.15, 0.2) is 11.0 Å². The topological polar surface area (TPSA) is 75.5 Å². The Morgan fingerprint density at radius 2 is 1.83 bits per heavy atom. The Morgan fingerprint density at radius 3 is 2.51 bits per heavy atom. The van der Waals surface area contributed by atoms with Crippen molar-refractivity contribution in [2.45, 2.75) is 32.5 Å². The van der Waals surface area contributed by atoms with Gasteiger partial charge in [0.2, 0.25) is 5.91 Å². The number of nitrogens with one attached hydrogen (secondary N) is 1. The largest absolute Gasteiger partial charge is 0.379 e. The van der Waals surface area contributed by atoms with Crippen LogP contribution in [-0.2, 0) is 16.1 Å². The highest BCUT2D eigenvalue weighted by molar-refractivity contribution is 7.99. The summed E-state index contributed by atoms with van der Waals surface area (Å²) in [5.74, 6) is 1.05. The molecule has 1 aliphatic heterocycles. The number of anilines is 2. The minimum Gasteiger partial charge on any atom is -0.379 e. The van der Waals surface area contributed by atoms with Crippen molar-refractivity contribution >= 4 is 29.0 Å². The van der Waals surface area contributed by atoms with E-state index in [2.05, 4.69) is 55.9 Å². The Kier molecular flexibility index (Phi) is 8.79. The molecule has 1 saturated heterocycles. The Bertz CT molecular complexity index is 1110. The van der Waals surface area contributed by atoms with Gasteiger partial charge in [-0.15, -0.1) is 10.2 Å². The lowest BCUT2D eigenvalue weighted by molar-refractivity contribution is -0.113. The van der Waals surface area contributed by atoms with Crippen LogP contribution in [0, 0.1) is 6.92 Å². The molecule has 35 heavy (non-hydrogen) atoms. The SMILES string of the molecule is CCN(CC)c1ccc(NC(=O)CSc2nnc(CN3CCOCC3)n2-c2ccccc2)c(C)c1. The van der Waals surface area contributed by atoms with Crippen molar-refractivity contribution in [3.63, 3.8) is 0 Å². The minimum absolute atomic E-state index is 0.0639. The monoisotopic (exact) mass is 494 g/mol. The summed E-state index contributed by atoms with van der Waals surface area (Å²) in [5, 5.41) is 12.7. The number of morpholine rings is 1. The molecule has 9 heteroatoms. The van der Waals surface area contributed by atoms with E-state index in [0.717, 1.165) is 62.2 Å². The second-order valence-corrected chi connectivity index (χ2v) is 9.41. The molecule has 0 unspecified atom stereocenters. The Morgan fingerprint density at radius 1 is 1.09 bits per heavy atom. The number of aryl methyl sites for hydroxylation is 1. The number of ether oxygens (including phenoxy) is 1. The highest BCUT2D eigenvalue weighted by Crippen LogP contribution is 2.25. The van der Waals surface area contributed by atoms with E-state index in [1.165, 1.54) is 17.4 Å². The van der Waals surface area contributed by atoms with Crippen molar-refractivity contribution in [2.75, 3.05) is 55.4 Å². The van der Waals surface area contributed by atoms with Gasteiger partial charge in [0.1, 0.15) is 0 Å². The minimum atomic E-state index is -0.0639. The summed E-state index contributed by atoms with van der Waals surface area (Å²) in [6.07, 6.45) is 0. The fraction of sp³-hybridized carbons (Fsp3) is 0.423. The number of nitrogens with zero attached hydrogens (tertiary/aromatic N) is 5. The number of aromatic nitrogens is 3. The van der Waals surface area contributed by atoms with Crippen molar-refractivity contribution in [2.24, 2.45) is 0 Å². The molecule has 2 aromatic carbocycles. The standard InChI is InChI=1S/C26H34N6O2S/c1-4-31(5-2)22-11-12-23(20(3)17-22)27-25(33)19-35-26-29-28-24(18-30-13-15-34-16-14-30)32(26)21-9-7-6-8-10-21/h6-12,17H,4-5,13-16,18-19H2,1-3H3,(H,27,33). The highest BCUT2D eigenvalue weighted by atomic mass is 32.2. The van der Waals surface area contributed by atoms with Gasteiger partial charge in [-0.3, -0.25) is 14.3 Å². The van der Waals surface area contributed by atoms with Crippen LogP contribution in [0.15, 0.2) is 53.7 Å². The molecule has 0 atom stereocenters. The van der Waals surface area contributed by atoms with Crippen molar-refractivity contribution in [3.8, 4) is 5.69 Å². The van der Waals surface area contributed by atoms with E-state index in [4.69, 9.17) is 4.74 Å². The Hall–Kier alpha value is -2.88. The molecule has 2 heterocycles. The van der Waals surface area contributed by atoms with Gasteiger partial charge >= 0.3 is 0 Å². The van der Waals surface area contributed by atoms with Crippen LogP contribution in [-0.4, -0.2) is 70.7 Å². The predicted octanol–water partition coefficient (Wildman–Crippen LogP) is 3.98. The summed E-state index contributed by atoms with van der Waals surface area (Å²) in [4.78, 5) is 17.4. The molecule has 0 aliphatic carbocycles. The van der Waals surface area contributed by atoms with Gasteiger partial charge in [0, 0.05) is 43.2 Å². The van der Waals surface area contributed by atoms with Gasteiger partial charge in [0.05, 0.1) is 25.5 Å². The van der Waals surface area contributed by atoms with E-state index in [9.17, 15) is 4.79 Å². The molecule has 3 aromatic rings. The van der Waals surface area contributed by atoms with Crippen LogP contribution in [0.1, 0.15) is 25.2 Å². The van der Waals surface area contributed by atoms with Crippen LogP contribution in [0.2, 0.25) is 0 Å². The van der Waals surface area contributed by atoms with Gasteiger partial charge in [-0.05, 0) is 56.7 Å². The lowest BCUT2D eigenvalue weighted by Crippen LogP contribution is -2.36. The molecule has 1 N–H and O–H groups in total. The highest BCUT2D eigenvalue weighted by Gasteiger charge is 2.20. The summed E-state index contributed by atoms with van der Waals surface area (Å²) >= 11 is 1.40. The molecule has 1 fully saturated rings. The number of amides is 1. The second kappa shape index (κ2) is 12.2. The first-order valence-electron chi connectivity index (χ1n) is 12.2. The Labute approximate surface area is 211 Å². The molecule has 0 saturated carbocycles. The zero-order chi connectivity index (χ0) is 24.6. The molecule has 1 aromatic heterocycles. The maximum absolute atomic E-state index is 12.8. The van der Waals surface area contributed by atoms with Crippen LogP contribution in [0.5, 0.6) is 0 Å². The smallest absolute Gasteiger partial charge is 0.234 e. The van der Waals surface area contributed by atoms with Crippen molar-refractivity contribution in [1.82, 2.24) is 19.7 Å². The maximum Gasteiger partial charge on any atom is 0.234 e. The zero-order valence-electron chi connectivity index (χ0n) is 20.7. The third-order valence-electron chi connectivity index (χ3n) is 6.13. The molecule has 1 aliphatic rings. The van der Waals surface area contributed by atoms with Crippen LogP contribution >= 0.6 is 11.8 Å². The van der Waals surface area contributed by atoms with Crippen LogP contribution < -0.4 is 10.2 Å². The number of benzene rings is 2. The van der Waals surface area contributed by atoms with E-state index >= 15 is 0 Å². The number of hydrogen-bond acceptors (Lipinski definition) is 7. The second-order valence-electron chi connectivity index (χ2n) is 8.47. The van der Waals surface area contributed by atoms with Gasteiger partial charge in [-0.1, -0.05) is 30.0 Å². The first-order chi connectivity index (χ1) is 17.1. The fourth-order valence-corrected chi connectivity index (χ4v) is 4.95. The number of hydrogen-bond donors (Lipinski definition) is 1. The first-order valence-corrected chi connectivity index (χ1v) is 13.2. The van der Waals surface area contributed by atoms with E-state index in [0.29, 0.717) is 11.7 Å². The first kappa shape index (κ1) is 25.2. The van der Waals surface area contributed by atoms with Crippen molar-refractivity contribution in [1.29, 1.82) is 0 Å². The quantitative estimate of drug-likeness (QED) is 0.427. The summed E-state index contributed by atoms with van der Waals surface area (Å²) in [6, 6.07) is 16.2. The van der Waals surface area contributed by atoms with E-state index in [1.54, 1.807) is 0 Å². The summed E-state index contributed by atoms with van der Waals surface area (Å²) in [5.41, 5.74) is 4.05. The third-order valence-corrected chi connectivity index (χ3v) is 7.06. The molecule has 1 amide bonds. The van der Waals surface area contributed by atoms with Gasteiger partial charge in [0.25, 0.3) is 0 Å². The number of carbonyl (C=O) groups is 1. The zero-order valence-corrected chi connectivity index (χ0v) is 21.6. The molecule has 4 rings (SSSR count). The van der Waals surface area contributed by atoms with E-state index in [1.807, 2.05) is 43.3 Å². The van der Waals surface area contributed by atoms with Gasteiger partial charge in [-0.25, -0.2) is 0 Å². The average molecular weight is 495 g/mol. The van der Waals surface area contributed by atoms with Crippen LogP contribution in [0.3, 0.4) is 0 Å². The van der Waals surface area contributed by atoms with Gasteiger partial charge in [-0.2, -0.15) is 0 Å². The third kappa shape index (κ3) is 6.42. The summed E-state index contributed by atoms with van der Waals surface area (Å²) in [7, 11) is 0. The predicted molar refractivity (Wildman–Crippen MR) is 142 cm³/mol. The molecule has 0 spiro atoms. The number of carbonyl (C=O) groups excluding carboxylic acids is 1. The average Bonchev–Trinajstić information content (AvgIpc) is 3.28. The van der Waals surface area contributed by atoms with E-state index < -0.39 is 0 Å². The van der Waals surface area contributed by atoms with Crippen molar-refractivity contribution in [3.05, 3.63) is 59.9 Å². The summed E-state index contributed by atoms with van der Waals surface area (Å²) < 4.78 is 7.53. The lowest BCUT2D eigenvalue weighted by Gasteiger charge is -2.26. The number of thioether (sulfide) groups is 1. The molecule has 0 bridgehead atoms. The van der Waals surface area contributed by atoms with E-state index in [-0.39, 0.29) is 11.7 Å². The lowest BCUT2D eigenvalue weighted by atomic mass is 10.1. The molecule has 0 radical (unpaired) electrons. The molecular formula is C26H34N6O2S. The number of para-hydroxylation sites is 1. The number of rotatable bonds is 10. The normalized spacial score (nSPS) is 14.1. The fourth-order valence-electron chi connectivity index (χ4n) is 4.18. The van der Waals surface area contributed by atoms with Gasteiger partial charge < -0.3 is 15.0 Å².